The molecule has 0 atom stereocenters. The number of aromatic amines is 1. The van der Waals surface area contributed by atoms with Crippen LogP contribution in [0.15, 0.2) is 34.8 Å². The van der Waals surface area contributed by atoms with Gasteiger partial charge in [-0.05, 0) is 23.8 Å². The molecule has 1 heterocycles. The molecule has 0 fully saturated rings. The zero-order valence-electron chi connectivity index (χ0n) is 9.44. The van der Waals surface area contributed by atoms with Gasteiger partial charge in [-0.1, -0.05) is 40.3 Å². The monoisotopic (exact) mass is 312 g/mol. The Morgan fingerprint density at radius 2 is 2.24 bits per heavy atom. The molecule has 3 nitrogen and oxygen atoms in total. The Labute approximate surface area is 114 Å². The van der Waals surface area contributed by atoms with E-state index < -0.39 is 0 Å². The summed E-state index contributed by atoms with van der Waals surface area (Å²) in [7, 11) is 1.67. The van der Waals surface area contributed by atoms with Crippen molar-refractivity contribution < 1.29 is 4.74 Å². The van der Waals surface area contributed by atoms with Crippen LogP contribution in [0.3, 0.4) is 0 Å². The molecule has 0 saturated heterocycles. The Balaban J connectivity index is 2.21. The summed E-state index contributed by atoms with van der Waals surface area (Å²) in [5, 5.41) is 3.22. The molecule has 0 radical (unpaired) electrons. The number of ether oxygens (including phenoxy) is 1. The maximum Gasteiger partial charge on any atom is 0.122 e. The molecule has 1 N–H and O–H groups in total. The maximum atomic E-state index is 5.28. The summed E-state index contributed by atoms with van der Waals surface area (Å²) < 4.78 is 8.87. The van der Waals surface area contributed by atoms with Crippen molar-refractivity contribution in [1.29, 1.82) is 0 Å². The van der Waals surface area contributed by atoms with Crippen molar-refractivity contribution in [3.8, 4) is 0 Å². The number of hydrogen-bond donors (Lipinski definition) is 1. The number of hydrogen-bond acceptors (Lipinski definition) is 2. The van der Waals surface area contributed by atoms with Gasteiger partial charge >= 0.3 is 0 Å². The van der Waals surface area contributed by atoms with Gasteiger partial charge in [0.1, 0.15) is 4.64 Å². The lowest BCUT2D eigenvalue weighted by Crippen LogP contribution is -2.02. The van der Waals surface area contributed by atoms with Gasteiger partial charge < -0.3 is 4.74 Å². The van der Waals surface area contributed by atoms with Crippen molar-refractivity contribution in [1.82, 2.24) is 9.78 Å². The summed E-state index contributed by atoms with van der Waals surface area (Å²) in [6.45, 7) is 1.29. The van der Waals surface area contributed by atoms with Crippen LogP contribution in [-0.2, 0) is 17.9 Å². The third-order valence-corrected chi connectivity index (χ3v) is 3.20. The Morgan fingerprint density at radius 1 is 1.41 bits per heavy atom. The van der Waals surface area contributed by atoms with E-state index in [1.165, 1.54) is 5.56 Å². The number of methoxy groups -OCH3 is 1. The summed E-state index contributed by atoms with van der Waals surface area (Å²) in [5.74, 6) is 0. The molecule has 0 aliphatic rings. The Kier molecular flexibility index (Phi) is 4.15. The topological polar surface area (TPSA) is 29.9 Å². The lowest BCUT2D eigenvalue weighted by molar-refractivity contribution is 0.181. The van der Waals surface area contributed by atoms with E-state index in [9.17, 15) is 0 Å². The Hall–Kier alpha value is -0.910. The van der Waals surface area contributed by atoms with Gasteiger partial charge in [0.25, 0.3) is 0 Å². The third kappa shape index (κ3) is 3.28. The molecule has 17 heavy (non-hydrogen) atoms. The first-order chi connectivity index (χ1) is 8.19. The largest absolute Gasteiger partial charge is 0.378 e. The van der Waals surface area contributed by atoms with E-state index >= 15 is 0 Å². The molecular formula is C12H13BrN2OS. The second-order valence-electron chi connectivity index (χ2n) is 3.77. The van der Waals surface area contributed by atoms with Crippen LogP contribution in [0, 0.1) is 4.64 Å². The van der Waals surface area contributed by atoms with Crippen LogP contribution < -0.4 is 0 Å². The first-order valence-corrected chi connectivity index (χ1v) is 6.41. The lowest BCUT2D eigenvalue weighted by Gasteiger charge is -2.04. The number of benzene rings is 1. The summed E-state index contributed by atoms with van der Waals surface area (Å²) >= 11 is 8.74. The number of rotatable bonds is 4. The fourth-order valence-corrected chi connectivity index (χ4v) is 2.35. The highest BCUT2D eigenvalue weighted by Crippen LogP contribution is 2.13. The van der Waals surface area contributed by atoms with Crippen molar-refractivity contribution in [2.45, 2.75) is 13.2 Å². The van der Waals surface area contributed by atoms with E-state index in [4.69, 9.17) is 17.0 Å². The average Bonchev–Trinajstić information content (AvgIpc) is 2.60. The molecule has 0 unspecified atom stereocenters. The molecule has 0 aliphatic heterocycles. The Morgan fingerprint density at radius 3 is 2.94 bits per heavy atom. The third-order valence-electron chi connectivity index (χ3n) is 2.37. The number of halogens is 1. The molecule has 0 aliphatic carbocycles. The van der Waals surface area contributed by atoms with Crippen LogP contribution in [0.1, 0.15) is 11.3 Å². The number of nitrogens with zero attached hydrogens (tertiary/aromatic N) is 1. The van der Waals surface area contributed by atoms with Crippen LogP contribution in [0.4, 0.5) is 0 Å². The second kappa shape index (κ2) is 5.62. The summed E-state index contributed by atoms with van der Waals surface area (Å²) in [4.78, 5) is 0. The van der Waals surface area contributed by atoms with Gasteiger partial charge in [0.15, 0.2) is 0 Å². The molecule has 1 aromatic carbocycles. The molecule has 0 amide bonds. The fourth-order valence-electron chi connectivity index (χ4n) is 1.65. The minimum absolute atomic E-state index is 0.551. The van der Waals surface area contributed by atoms with Gasteiger partial charge in [-0.25, -0.2) is 0 Å². The molecule has 90 valence electrons. The first kappa shape index (κ1) is 12.5. The van der Waals surface area contributed by atoms with Crippen LogP contribution in [0.25, 0.3) is 0 Å². The zero-order valence-corrected chi connectivity index (χ0v) is 11.8. The average molecular weight is 313 g/mol. The number of H-pyrrole nitrogens is 1. The van der Waals surface area contributed by atoms with Gasteiger partial charge in [0, 0.05) is 11.6 Å². The van der Waals surface area contributed by atoms with Crippen LogP contribution >= 0.6 is 28.1 Å². The van der Waals surface area contributed by atoms with E-state index in [-0.39, 0.29) is 0 Å². The smallest absolute Gasteiger partial charge is 0.122 e. The van der Waals surface area contributed by atoms with E-state index in [1.54, 1.807) is 7.11 Å². The molecule has 2 aromatic rings. The first-order valence-electron chi connectivity index (χ1n) is 5.21. The molecule has 1 aromatic heterocycles. The molecule has 2 rings (SSSR count). The highest BCUT2D eigenvalue weighted by atomic mass is 79.9. The predicted octanol–water partition coefficient (Wildman–Crippen LogP) is 3.50. The van der Waals surface area contributed by atoms with Crippen molar-refractivity contribution in [3.63, 3.8) is 0 Å². The highest BCUT2D eigenvalue weighted by Gasteiger charge is 2.01. The molecule has 5 heteroatoms. The molecule has 0 saturated carbocycles. The van der Waals surface area contributed by atoms with Crippen molar-refractivity contribution >= 4 is 28.1 Å². The Bertz CT molecular complexity index is 562. The quantitative estimate of drug-likeness (QED) is 0.876. The van der Waals surface area contributed by atoms with Gasteiger partial charge in [-0.15, -0.1) is 0 Å². The van der Waals surface area contributed by atoms with E-state index in [2.05, 4.69) is 33.2 Å². The van der Waals surface area contributed by atoms with E-state index in [0.717, 1.165) is 21.4 Å². The fraction of sp³-hybridized carbons (Fsp3) is 0.250. The van der Waals surface area contributed by atoms with Crippen LogP contribution in [-0.4, -0.2) is 16.9 Å². The minimum atomic E-state index is 0.551. The SMILES string of the molecule is COCc1cc(=S)n(Cc2cccc(Br)c2)[nH]1. The van der Waals surface area contributed by atoms with Gasteiger partial charge in [0.05, 0.1) is 18.8 Å². The molecule has 0 bridgehead atoms. The lowest BCUT2D eigenvalue weighted by atomic mass is 10.2. The van der Waals surface area contributed by atoms with Crippen molar-refractivity contribution in [2.75, 3.05) is 7.11 Å². The standard InChI is InChI=1S/C12H13BrN2OS/c1-16-8-11-6-12(17)15(14-11)7-9-3-2-4-10(13)5-9/h2-6,14H,7-8H2,1H3. The van der Waals surface area contributed by atoms with Crippen molar-refractivity contribution in [3.05, 3.63) is 50.7 Å². The number of aromatic nitrogens is 2. The van der Waals surface area contributed by atoms with Crippen LogP contribution in [0.5, 0.6) is 0 Å². The van der Waals surface area contributed by atoms with Gasteiger partial charge in [-0.2, -0.15) is 0 Å². The minimum Gasteiger partial charge on any atom is -0.378 e. The van der Waals surface area contributed by atoms with Crippen LogP contribution in [0.2, 0.25) is 0 Å². The summed E-state index contributed by atoms with van der Waals surface area (Å²) in [6.07, 6.45) is 0. The molecular weight excluding hydrogens is 300 g/mol. The molecule has 0 spiro atoms. The normalized spacial score (nSPS) is 10.7. The predicted molar refractivity (Wildman–Crippen MR) is 73.6 cm³/mol. The summed E-state index contributed by atoms with van der Waals surface area (Å²) in [6, 6.07) is 10.1. The van der Waals surface area contributed by atoms with E-state index in [1.807, 2.05) is 22.9 Å². The van der Waals surface area contributed by atoms with Gasteiger partial charge in [-0.3, -0.25) is 9.78 Å². The number of nitrogens with one attached hydrogen (secondary N) is 1. The van der Waals surface area contributed by atoms with Gasteiger partial charge in [0.2, 0.25) is 0 Å². The summed E-state index contributed by atoms with van der Waals surface area (Å²) in [5.41, 5.74) is 2.19. The highest BCUT2D eigenvalue weighted by molar-refractivity contribution is 9.10. The second-order valence-corrected chi connectivity index (χ2v) is 5.10. The maximum absolute atomic E-state index is 5.28. The van der Waals surface area contributed by atoms with Crippen molar-refractivity contribution in [2.24, 2.45) is 0 Å². The zero-order chi connectivity index (χ0) is 12.3. The van der Waals surface area contributed by atoms with E-state index in [0.29, 0.717) is 6.61 Å².